The van der Waals surface area contributed by atoms with Gasteiger partial charge in [0.05, 0.1) is 12.5 Å². The van der Waals surface area contributed by atoms with Crippen molar-refractivity contribution in [3.63, 3.8) is 0 Å². The number of hydrogen-bond donors (Lipinski definition) is 1. The zero-order chi connectivity index (χ0) is 8.81. The van der Waals surface area contributed by atoms with Gasteiger partial charge in [-0.05, 0) is 19.3 Å². The third-order valence-corrected chi connectivity index (χ3v) is 2.66. The van der Waals surface area contributed by atoms with Crippen molar-refractivity contribution < 1.29 is 0 Å². The van der Waals surface area contributed by atoms with E-state index >= 15 is 0 Å². The van der Waals surface area contributed by atoms with Crippen molar-refractivity contribution >= 4 is 0 Å². The fourth-order valence-corrected chi connectivity index (χ4v) is 1.86. The average molecular weight is 166 g/mol. The van der Waals surface area contributed by atoms with Crippen molar-refractivity contribution in [2.75, 3.05) is 0 Å². The van der Waals surface area contributed by atoms with Gasteiger partial charge >= 0.3 is 0 Å². The fourth-order valence-electron chi connectivity index (χ4n) is 1.86. The van der Waals surface area contributed by atoms with Crippen LogP contribution < -0.4 is 5.32 Å². The van der Waals surface area contributed by atoms with Gasteiger partial charge in [-0.25, -0.2) is 0 Å². The number of nitrogens with zero attached hydrogens (tertiary/aromatic N) is 1. The first-order chi connectivity index (χ1) is 5.86. The Morgan fingerprint density at radius 1 is 1.50 bits per heavy atom. The smallest absolute Gasteiger partial charge is 0.0638 e. The Bertz CT molecular complexity index is 154. The van der Waals surface area contributed by atoms with E-state index in [9.17, 15) is 0 Å². The van der Waals surface area contributed by atoms with Gasteiger partial charge in [-0.3, -0.25) is 0 Å². The van der Waals surface area contributed by atoms with Crippen molar-refractivity contribution in [1.82, 2.24) is 5.32 Å². The summed E-state index contributed by atoms with van der Waals surface area (Å²) < 4.78 is 0. The minimum Gasteiger partial charge on any atom is -0.310 e. The second-order valence-corrected chi connectivity index (χ2v) is 3.62. The highest BCUT2D eigenvalue weighted by Gasteiger charge is 2.17. The molecule has 2 nitrogen and oxygen atoms in total. The lowest BCUT2D eigenvalue weighted by atomic mass is 10.1. The highest BCUT2D eigenvalue weighted by atomic mass is 14.9. The van der Waals surface area contributed by atoms with Crippen LogP contribution in [0.2, 0.25) is 0 Å². The Hall–Kier alpha value is -0.550. The second-order valence-electron chi connectivity index (χ2n) is 3.62. The molecule has 0 bridgehead atoms. The standard InChI is InChI=1S/C10H18N2/c1-2-9(7-8-11)12-10-5-3-4-6-10/h9-10,12H,2-7H2,1H3. The van der Waals surface area contributed by atoms with Crippen LogP contribution in [0.25, 0.3) is 0 Å². The van der Waals surface area contributed by atoms with Gasteiger partial charge in [0.2, 0.25) is 0 Å². The zero-order valence-electron chi connectivity index (χ0n) is 7.84. The van der Waals surface area contributed by atoms with Crippen LogP contribution in [0, 0.1) is 11.3 Å². The summed E-state index contributed by atoms with van der Waals surface area (Å²) in [5, 5.41) is 12.1. The highest BCUT2D eigenvalue weighted by Crippen LogP contribution is 2.18. The number of hydrogen-bond acceptors (Lipinski definition) is 2. The van der Waals surface area contributed by atoms with Crippen LogP contribution in [0.4, 0.5) is 0 Å². The van der Waals surface area contributed by atoms with Crippen molar-refractivity contribution in [3.8, 4) is 6.07 Å². The predicted molar refractivity (Wildman–Crippen MR) is 49.7 cm³/mol. The van der Waals surface area contributed by atoms with Gasteiger partial charge < -0.3 is 5.32 Å². The van der Waals surface area contributed by atoms with Gasteiger partial charge in [0, 0.05) is 12.1 Å². The maximum absolute atomic E-state index is 8.55. The van der Waals surface area contributed by atoms with Crippen molar-refractivity contribution in [2.24, 2.45) is 0 Å². The van der Waals surface area contributed by atoms with Gasteiger partial charge in [-0.15, -0.1) is 0 Å². The third kappa shape index (κ3) is 2.83. The molecule has 1 aliphatic carbocycles. The highest BCUT2D eigenvalue weighted by molar-refractivity contribution is 4.84. The number of nitriles is 1. The lowest BCUT2D eigenvalue weighted by molar-refractivity contribution is 0.424. The Balaban J connectivity index is 2.21. The van der Waals surface area contributed by atoms with E-state index in [2.05, 4.69) is 18.3 Å². The zero-order valence-corrected chi connectivity index (χ0v) is 7.84. The number of nitrogens with one attached hydrogen (secondary N) is 1. The molecule has 0 saturated heterocycles. The van der Waals surface area contributed by atoms with Crippen molar-refractivity contribution in [3.05, 3.63) is 0 Å². The summed E-state index contributed by atoms with van der Waals surface area (Å²) in [6.07, 6.45) is 7.07. The molecule has 0 aromatic rings. The Morgan fingerprint density at radius 2 is 2.17 bits per heavy atom. The molecule has 0 aromatic heterocycles. The first-order valence-electron chi connectivity index (χ1n) is 4.99. The van der Waals surface area contributed by atoms with Gasteiger partial charge in [0.15, 0.2) is 0 Å². The van der Waals surface area contributed by atoms with E-state index in [0.29, 0.717) is 18.5 Å². The predicted octanol–water partition coefficient (Wildman–Crippen LogP) is 2.21. The van der Waals surface area contributed by atoms with E-state index in [0.717, 1.165) is 6.42 Å². The van der Waals surface area contributed by atoms with Gasteiger partial charge in [0.25, 0.3) is 0 Å². The van der Waals surface area contributed by atoms with Crippen LogP contribution in [0.3, 0.4) is 0 Å². The average Bonchev–Trinajstić information content (AvgIpc) is 2.56. The van der Waals surface area contributed by atoms with Crippen LogP contribution in [-0.2, 0) is 0 Å². The van der Waals surface area contributed by atoms with Crippen LogP contribution in [0.15, 0.2) is 0 Å². The van der Waals surface area contributed by atoms with E-state index in [4.69, 9.17) is 5.26 Å². The molecule has 0 spiro atoms. The molecular weight excluding hydrogens is 148 g/mol. The molecule has 1 N–H and O–H groups in total. The summed E-state index contributed by atoms with van der Waals surface area (Å²) in [5.74, 6) is 0. The minimum atomic E-state index is 0.429. The second kappa shape index (κ2) is 5.16. The summed E-state index contributed by atoms with van der Waals surface area (Å²) in [6.45, 7) is 2.14. The molecule has 1 atom stereocenters. The molecule has 12 heavy (non-hydrogen) atoms. The molecule has 0 aliphatic heterocycles. The van der Waals surface area contributed by atoms with Crippen LogP contribution in [0.5, 0.6) is 0 Å². The van der Waals surface area contributed by atoms with Gasteiger partial charge in [0.1, 0.15) is 0 Å². The van der Waals surface area contributed by atoms with Gasteiger partial charge in [-0.1, -0.05) is 19.8 Å². The minimum absolute atomic E-state index is 0.429. The maximum Gasteiger partial charge on any atom is 0.0638 e. The molecule has 0 aromatic carbocycles. The molecule has 1 rings (SSSR count). The quantitative estimate of drug-likeness (QED) is 0.695. The van der Waals surface area contributed by atoms with E-state index in [1.807, 2.05) is 0 Å². The third-order valence-electron chi connectivity index (χ3n) is 2.66. The lowest BCUT2D eigenvalue weighted by Gasteiger charge is -2.18. The first kappa shape index (κ1) is 9.54. The first-order valence-corrected chi connectivity index (χ1v) is 4.99. The number of rotatable bonds is 4. The van der Waals surface area contributed by atoms with E-state index in [-0.39, 0.29) is 0 Å². The summed E-state index contributed by atoms with van der Waals surface area (Å²) >= 11 is 0. The molecular formula is C10H18N2. The molecule has 1 unspecified atom stereocenters. The summed E-state index contributed by atoms with van der Waals surface area (Å²) in [5.41, 5.74) is 0. The SMILES string of the molecule is CCC(CC#N)NC1CCCC1. The summed E-state index contributed by atoms with van der Waals surface area (Å²) in [7, 11) is 0. The van der Waals surface area contributed by atoms with Crippen LogP contribution >= 0.6 is 0 Å². The molecule has 1 fully saturated rings. The summed E-state index contributed by atoms with van der Waals surface area (Å²) in [4.78, 5) is 0. The molecule has 0 heterocycles. The van der Waals surface area contributed by atoms with E-state index in [1.165, 1.54) is 25.7 Å². The molecule has 1 saturated carbocycles. The fraction of sp³-hybridized carbons (Fsp3) is 0.900. The Morgan fingerprint density at radius 3 is 2.67 bits per heavy atom. The molecule has 68 valence electrons. The van der Waals surface area contributed by atoms with Crippen molar-refractivity contribution in [2.45, 2.75) is 57.5 Å². The summed E-state index contributed by atoms with van der Waals surface area (Å²) in [6, 6.07) is 3.36. The molecule has 0 radical (unpaired) electrons. The largest absolute Gasteiger partial charge is 0.310 e. The van der Waals surface area contributed by atoms with Crippen LogP contribution in [-0.4, -0.2) is 12.1 Å². The normalized spacial score (nSPS) is 20.7. The maximum atomic E-state index is 8.55. The Kier molecular flexibility index (Phi) is 4.10. The monoisotopic (exact) mass is 166 g/mol. The Labute approximate surface area is 75.0 Å². The lowest BCUT2D eigenvalue weighted by Crippen LogP contribution is -2.35. The molecule has 2 heteroatoms. The van der Waals surface area contributed by atoms with E-state index in [1.54, 1.807) is 0 Å². The van der Waals surface area contributed by atoms with Crippen LogP contribution in [0.1, 0.15) is 45.4 Å². The molecule has 1 aliphatic rings. The van der Waals surface area contributed by atoms with E-state index < -0.39 is 0 Å². The van der Waals surface area contributed by atoms with Crippen molar-refractivity contribution in [1.29, 1.82) is 5.26 Å². The van der Waals surface area contributed by atoms with Gasteiger partial charge in [-0.2, -0.15) is 5.26 Å². The topological polar surface area (TPSA) is 35.8 Å². The molecule has 0 amide bonds.